The number of nitrogens with zero attached hydrogens (tertiary/aromatic N) is 3. The van der Waals surface area contributed by atoms with Gasteiger partial charge in [-0.05, 0) is 36.8 Å². The maximum absolute atomic E-state index is 12.3. The second-order valence-electron chi connectivity index (χ2n) is 6.85. The van der Waals surface area contributed by atoms with Crippen LogP contribution in [0.15, 0.2) is 72.8 Å². The number of rotatable bonds is 4. The number of para-hydroxylation sites is 1. The fourth-order valence-corrected chi connectivity index (χ4v) is 3.32. The molecule has 6 nitrogen and oxygen atoms in total. The molecule has 0 saturated carbocycles. The maximum Gasteiger partial charge on any atom is 0.276 e. The number of hydrogen-bond acceptors (Lipinski definition) is 5. The molecular formula is C22H22N4O2. The van der Waals surface area contributed by atoms with Crippen molar-refractivity contribution in [2.24, 2.45) is 0 Å². The summed E-state index contributed by atoms with van der Waals surface area (Å²) < 4.78 is 6.10. The molecule has 1 aliphatic heterocycles. The van der Waals surface area contributed by atoms with Crippen molar-refractivity contribution in [3.05, 3.63) is 84.1 Å². The van der Waals surface area contributed by atoms with Crippen LogP contribution < -0.4 is 10.2 Å². The minimum atomic E-state index is -0.275. The lowest BCUT2D eigenvalue weighted by atomic mass is 10.1. The Morgan fingerprint density at radius 3 is 2.36 bits per heavy atom. The van der Waals surface area contributed by atoms with Gasteiger partial charge in [0.2, 0.25) is 0 Å². The molecule has 4 rings (SSSR count). The predicted molar refractivity (Wildman–Crippen MR) is 108 cm³/mol. The molecule has 1 aromatic heterocycles. The number of anilines is 2. The summed E-state index contributed by atoms with van der Waals surface area (Å²) in [4.78, 5) is 14.5. The molecule has 2 aromatic carbocycles. The van der Waals surface area contributed by atoms with Crippen molar-refractivity contribution in [1.82, 2.24) is 10.2 Å². The number of carbonyl (C=O) groups excluding carboxylic acids is 1. The molecule has 2 heterocycles. The van der Waals surface area contributed by atoms with Gasteiger partial charge in [-0.2, -0.15) is 0 Å². The molecule has 1 saturated heterocycles. The first kappa shape index (κ1) is 18.1. The second-order valence-corrected chi connectivity index (χ2v) is 6.85. The third-order valence-electron chi connectivity index (χ3n) is 4.67. The van der Waals surface area contributed by atoms with Crippen LogP contribution in [0.3, 0.4) is 0 Å². The topological polar surface area (TPSA) is 67.4 Å². The first-order valence-electron chi connectivity index (χ1n) is 9.34. The van der Waals surface area contributed by atoms with E-state index in [2.05, 4.69) is 39.5 Å². The van der Waals surface area contributed by atoms with Gasteiger partial charge in [0.15, 0.2) is 11.5 Å². The van der Waals surface area contributed by atoms with Gasteiger partial charge in [-0.1, -0.05) is 48.5 Å². The fraction of sp³-hybridized carbons (Fsp3) is 0.227. The number of carbonyl (C=O) groups is 1. The van der Waals surface area contributed by atoms with Crippen molar-refractivity contribution < 1.29 is 9.53 Å². The minimum absolute atomic E-state index is 0.0206. The van der Waals surface area contributed by atoms with Crippen LogP contribution in [0.4, 0.5) is 11.5 Å². The number of ether oxygens (including phenoxy) is 1. The Balaban J connectivity index is 1.46. The van der Waals surface area contributed by atoms with Crippen molar-refractivity contribution in [1.29, 1.82) is 0 Å². The van der Waals surface area contributed by atoms with E-state index < -0.39 is 0 Å². The lowest BCUT2D eigenvalue weighted by Gasteiger charge is -2.37. The standard InChI is InChI=1S/C22H22N4O2/c1-16-14-26(15-20(28-16)17-8-4-2-5-9-17)21-13-12-19(24-25-21)22(27)23-18-10-6-3-7-11-18/h2-13,16,20H,14-15H2,1H3,(H,23,27). The Kier molecular flexibility index (Phi) is 5.30. The minimum Gasteiger partial charge on any atom is -0.367 e. The average molecular weight is 374 g/mol. The largest absolute Gasteiger partial charge is 0.367 e. The van der Waals surface area contributed by atoms with Crippen LogP contribution in [0.2, 0.25) is 0 Å². The number of morpholine rings is 1. The summed E-state index contributed by atoms with van der Waals surface area (Å²) in [6.45, 7) is 3.48. The zero-order chi connectivity index (χ0) is 19.3. The van der Waals surface area contributed by atoms with E-state index in [1.807, 2.05) is 54.6 Å². The van der Waals surface area contributed by atoms with Crippen molar-refractivity contribution >= 4 is 17.4 Å². The highest BCUT2D eigenvalue weighted by Crippen LogP contribution is 2.27. The second kappa shape index (κ2) is 8.19. The van der Waals surface area contributed by atoms with Gasteiger partial charge in [0.05, 0.1) is 6.10 Å². The average Bonchev–Trinajstić information content (AvgIpc) is 2.75. The number of aromatic nitrogens is 2. The molecule has 3 aromatic rings. The number of benzene rings is 2. The lowest BCUT2D eigenvalue weighted by Crippen LogP contribution is -2.43. The van der Waals surface area contributed by atoms with Gasteiger partial charge in [0.1, 0.15) is 6.10 Å². The van der Waals surface area contributed by atoms with E-state index >= 15 is 0 Å². The van der Waals surface area contributed by atoms with Gasteiger partial charge in [0.25, 0.3) is 5.91 Å². The number of nitrogens with one attached hydrogen (secondary N) is 1. The summed E-state index contributed by atoms with van der Waals surface area (Å²) in [5, 5.41) is 11.2. The quantitative estimate of drug-likeness (QED) is 0.754. The van der Waals surface area contributed by atoms with E-state index in [0.717, 1.165) is 23.6 Å². The Morgan fingerprint density at radius 1 is 0.964 bits per heavy atom. The third-order valence-corrected chi connectivity index (χ3v) is 4.67. The van der Waals surface area contributed by atoms with Crippen molar-refractivity contribution in [3.63, 3.8) is 0 Å². The summed E-state index contributed by atoms with van der Waals surface area (Å²) in [7, 11) is 0. The molecule has 0 bridgehead atoms. The Morgan fingerprint density at radius 2 is 1.68 bits per heavy atom. The van der Waals surface area contributed by atoms with Gasteiger partial charge < -0.3 is 15.0 Å². The van der Waals surface area contributed by atoms with E-state index in [1.54, 1.807) is 6.07 Å². The van der Waals surface area contributed by atoms with Gasteiger partial charge in [0, 0.05) is 18.8 Å². The monoisotopic (exact) mass is 374 g/mol. The molecule has 6 heteroatoms. The summed E-state index contributed by atoms with van der Waals surface area (Å²) >= 11 is 0. The predicted octanol–water partition coefficient (Wildman–Crippen LogP) is 3.70. The number of hydrogen-bond donors (Lipinski definition) is 1. The van der Waals surface area contributed by atoms with Crippen LogP contribution >= 0.6 is 0 Å². The zero-order valence-electron chi connectivity index (χ0n) is 15.7. The van der Waals surface area contributed by atoms with E-state index in [-0.39, 0.29) is 23.8 Å². The van der Waals surface area contributed by atoms with E-state index in [1.165, 1.54) is 0 Å². The smallest absolute Gasteiger partial charge is 0.276 e. The molecule has 0 aliphatic carbocycles. The fourth-order valence-electron chi connectivity index (χ4n) is 3.32. The summed E-state index contributed by atoms with van der Waals surface area (Å²) in [6.07, 6.45) is 0.0506. The normalized spacial score (nSPS) is 19.2. The van der Waals surface area contributed by atoms with E-state index in [0.29, 0.717) is 6.54 Å². The first-order valence-corrected chi connectivity index (χ1v) is 9.34. The van der Waals surface area contributed by atoms with Gasteiger partial charge in [-0.15, -0.1) is 10.2 Å². The molecule has 2 atom stereocenters. The molecule has 142 valence electrons. The highest BCUT2D eigenvalue weighted by atomic mass is 16.5. The molecule has 0 spiro atoms. The molecule has 2 unspecified atom stereocenters. The van der Waals surface area contributed by atoms with Crippen molar-refractivity contribution in [2.75, 3.05) is 23.3 Å². The van der Waals surface area contributed by atoms with Crippen LogP contribution in [0.1, 0.15) is 29.1 Å². The zero-order valence-corrected chi connectivity index (χ0v) is 15.7. The van der Waals surface area contributed by atoms with Gasteiger partial charge in [-0.25, -0.2) is 0 Å². The summed E-state index contributed by atoms with van der Waals surface area (Å²) in [6, 6.07) is 23.0. The molecule has 1 amide bonds. The van der Waals surface area contributed by atoms with Crippen LogP contribution in [0.25, 0.3) is 0 Å². The Bertz CT molecular complexity index is 916. The van der Waals surface area contributed by atoms with E-state index in [4.69, 9.17) is 4.74 Å². The lowest BCUT2D eigenvalue weighted by molar-refractivity contribution is -0.0176. The molecule has 0 radical (unpaired) electrons. The van der Waals surface area contributed by atoms with Gasteiger partial charge >= 0.3 is 0 Å². The van der Waals surface area contributed by atoms with Crippen LogP contribution in [0, 0.1) is 0 Å². The molecule has 1 aliphatic rings. The molecule has 1 fully saturated rings. The molecule has 1 N–H and O–H groups in total. The summed E-state index contributed by atoms with van der Waals surface area (Å²) in [5.41, 5.74) is 2.16. The van der Waals surface area contributed by atoms with Crippen LogP contribution in [-0.2, 0) is 4.74 Å². The Labute approximate surface area is 164 Å². The van der Waals surface area contributed by atoms with Crippen molar-refractivity contribution in [3.8, 4) is 0 Å². The first-order chi connectivity index (χ1) is 13.7. The van der Waals surface area contributed by atoms with Crippen molar-refractivity contribution in [2.45, 2.75) is 19.1 Å². The Hall–Kier alpha value is -3.25. The van der Waals surface area contributed by atoms with E-state index in [9.17, 15) is 4.79 Å². The highest BCUT2D eigenvalue weighted by molar-refractivity contribution is 6.02. The van der Waals surface area contributed by atoms with Crippen LogP contribution in [0.5, 0.6) is 0 Å². The van der Waals surface area contributed by atoms with Gasteiger partial charge in [-0.3, -0.25) is 4.79 Å². The number of amides is 1. The SMILES string of the molecule is CC1CN(c2ccc(C(=O)Nc3ccccc3)nn2)CC(c2ccccc2)O1. The molecule has 28 heavy (non-hydrogen) atoms. The maximum atomic E-state index is 12.3. The highest BCUT2D eigenvalue weighted by Gasteiger charge is 2.27. The summed E-state index contributed by atoms with van der Waals surface area (Å²) in [5.74, 6) is 0.468. The third kappa shape index (κ3) is 4.18. The molecular weight excluding hydrogens is 352 g/mol. The van der Waals surface area contributed by atoms with Crippen LogP contribution in [-0.4, -0.2) is 35.3 Å².